The Hall–Kier alpha value is -1.80. The van der Waals surface area contributed by atoms with E-state index in [9.17, 15) is 0 Å². The molecule has 1 aliphatic rings. The van der Waals surface area contributed by atoms with Gasteiger partial charge in [-0.15, -0.1) is 11.3 Å². The maximum absolute atomic E-state index is 5.44. The van der Waals surface area contributed by atoms with E-state index in [4.69, 9.17) is 4.52 Å². The average Bonchev–Trinajstić information content (AvgIpc) is 3.33. The molecule has 5 nitrogen and oxygen atoms in total. The minimum absolute atomic E-state index is 0.672. The first-order valence-electron chi connectivity index (χ1n) is 8.99. The van der Waals surface area contributed by atoms with E-state index in [1.54, 1.807) is 11.3 Å². The molecule has 1 aromatic carbocycles. The first kappa shape index (κ1) is 18.6. The van der Waals surface area contributed by atoms with E-state index in [-0.39, 0.29) is 0 Å². The maximum Gasteiger partial charge on any atom is 0.241 e. The van der Waals surface area contributed by atoms with Crippen molar-refractivity contribution < 1.29 is 4.52 Å². The van der Waals surface area contributed by atoms with Crippen molar-refractivity contribution in [1.82, 2.24) is 19.9 Å². The van der Waals surface area contributed by atoms with Crippen LogP contribution in [0.2, 0.25) is 0 Å². The molecule has 0 aliphatic carbocycles. The van der Waals surface area contributed by atoms with Crippen molar-refractivity contribution in [2.45, 2.75) is 6.54 Å². The van der Waals surface area contributed by atoms with Crippen LogP contribution in [0.5, 0.6) is 0 Å². The van der Waals surface area contributed by atoms with Crippen LogP contribution in [-0.4, -0.2) is 52.7 Å². The van der Waals surface area contributed by atoms with E-state index in [0.717, 1.165) is 42.1 Å². The summed E-state index contributed by atoms with van der Waals surface area (Å²) in [5.74, 6) is 1.36. The van der Waals surface area contributed by atoms with E-state index in [2.05, 4.69) is 72.3 Å². The van der Waals surface area contributed by atoms with Gasteiger partial charge in [-0.1, -0.05) is 47.6 Å². The van der Waals surface area contributed by atoms with Gasteiger partial charge in [0.25, 0.3) is 0 Å². The lowest BCUT2D eigenvalue weighted by Crippen LogP contribution is -2.45. The third-order valence-corrected chi connectivity index (χ3v) is 6.24. The summed E-state index contributed by atoms with van der Waals surface area (Å²) in [4.78, 5) is 10.4. The molecule has 0 unspecified atom stereocenters. The molecule has 1 aliphatic heterocycles. The molecule has 2 aromatic heterocycles. The Balaban J connectivity index is 1.24. The predicted molar refractivity (Wildman–Crippen MR) is 113 cm³/mol. The van der Waals surface area contributed by atoms with Crippen LogP contribution >= 0.6 is 27.3 Å². The number of aromatic nitrogens is 2. The third-order valence-electron chi connectivity index (χ3n) is 4.55. The molecule has 3 heterocycles. The monoisotopic (exact) mass is 444 g/mol. The molecule has 4 rings (SSSR count). The van der Waals surface area contributed by atoms with Gasteiger partial charge in [0.15, 0.2) is 0 Å². The minimum Gasteiger partial charge on any atom is -0.338 e. The normalized spacial score (nSPS) is 16.3. The molecule has 3 aromatic rings. The molecular formula is C20H21BrN4OS. The summed E-state index contributed by atoms with van der Waals surface area (Å²) in [5, 5.41) is 6.13. The topological polar surface area (TPSA) is 45.4 Å². The van der Waals surface area contributed by atoms with Crippen molar-refractivity contribution >= 4 is 33.3 Å². The Morgan fingerprint density at radius 1 is 1.11 bits per heavy atom. The Bertz CT molecular complexity index is 884. The van der Waals surface area contributed by atoms with Crippen LogP contribution in [0.3, 0.4) is 0 Å². The standard InChI is InChI=1S/C20H21BrN4OS/c21-17-13-18(27-15-17)20-22-19(26-23-20)14-25-11-9-24(10-12-25)8-4-7-16-5-2-1-3-6-16/h1-7,13,15H,8-12,14H2/b7-4+. The second kappa shape index (κ2) is 8.93. The van der Waals surface area contributed by atoms with Gasteiger partial charge in [0.1, 0.15) is 0 Å². The first-order valence-corrected chi connectivity index (χ1v) is 10.7. The van der Waals surface area contributed by atoms with Crippen LogP contribution in [0.4, 0.5) is 0 Å². The van der Waals surface area contributed by atoms with Crippen molar-refractivity contribution in [2.75, 3.05) is 32.7 Å². The second-order valence-electron chi connectivity index (χ2n) is 6.53. The number of rotatable bonds is 6. The molecular weight excluding hydrogens is 424 g/mol. The lowest BCUT2D eigenvalue weighted by molar-refractivity contribution is 0.125. The average molecular weight is 445 g/mol. The lowest BCUT2D eigenvalue weighted by Gasteiger charge is -2.33. The number of hydrogen-bond donors (Lipinski definition) is 0. The summed E-state index contributed by atoms with van der Waals surface area (Å²) < 4.78 is 6.48. The highest BCUT2D eigenvalue weighted by Crippen LogP contribution is 2.27. The molecule has 7 heteroatoms. The van der Waals surface area contributed by atoms with Crippen LogP contribution in [0, 0.1) is 0 Å². The van der Waals surface area contributed by atoms with Crippen molar-refractivity contribution in [3.05, 3.63) is 63.8 Å². The molecule has 140 valence electrons. The van der Waals surface area contributed by atoms with Crippen molar-refractivity contribution in [3.63, 3.8) is 0 Å². The summed E-state index contributed by atoms with van der Waals surface area (Å²) in [6, 6.07) is 12.4. The fourth-order valence-corrected chi connectivity index (χ4v) is 4.42. The number of thiophene rings is 1. The molecule has 0 amide bonds. The van der Waals surface area contributed by atoms with Gasteiger partial charge in [0, 0.05) is 42.6 Å². The van der Waals surface area contributed by atoms with E-state index >= 15 is 0 Å². The van der Waals surface area contributed by atoms with Gasteiger partial charge < -0.3 is 4.52 Å². The summed E-state index contributed by atoms with van der Waals surface area (Å²) in [6.45, 7) is 5.84. The van der Waals surface area contributed by atoms with E-state index in [0.29, 0.717) is 18.3 Å². The SMILES string of the molecule is Brc1csc(-c2noc(CN3CCN(C/C=C/c4ccccc4)CC3)n2)c1. The number of halogens is 1. The third kappa shape index (κ3) is 5.13. The molecule has 27 heavy (non-hydrogen) atoms. The highest BCUT2D eigenvalue weighted by molar-refractivity contribution is 9.10. The van der Waals surface area contributed by atoms with Gasteiger partial charge in [-0.3, -0.25) is 9.80 Å². The van der Waals surface area contributed by atoms with E-state index in [1.807, 2.05) is 17.5 Å². The van der Waals surface area contributed by atoms with Gasteiger partial charge >= 0.3 is 0 Å². The molecule has 0 spiro atoms. The number of piperazine rings is 1. The predicted octanol–water partition coefficient (Wildman–Crippen LogP) is 4.39. The van der Waals surface area contributed by atoms with Gasteiger partial charge in [-0.2, -0.15) is 4.98 Å². The highest BCUT2D eigenvalue weighted by atomic mass is 79.9. The molecule has 0 radical (unpaired) electrons. The number of hydrogen-bond acceptors (Lipinski definition) is 6. The van der Waals surface area contributed by atoms with E-state index in [1.165, 1.54) is 5.56 Å². The van der Waals surface area contributed by atoms with E-state index < -0.39 is 0 Å². The summed E-state index contributed by atoms with van der Waals surface area (Å²) in [7, 11) is 0. The molecule has 1 saturated heterocycles. The van der Waals surface area contributed by atoms with Gasteiger partial charge in [-0.25, -0.2) is 0 Å². The largest absolute Gasteiger partial charge is 0.338 e. The van der Waals surface area contributed by atoms with Crippen LogP contribution in [0.15, 0.2) is 56.9 Å². The maximum atomic E-state index is 5.44. The molecule has 0 saturated carbocycles. The van der Waals surface area contributed by atoms with Gasteiger partial charge in [0.05, 0.1) is 11.4 Å². The van der Waals surface area contributed by atoms with Crippen LogP contribution in [0.1, 0.15) is 11.5 Å². The van der Waals surface area contributed by atoms with Crippen LogP contribution in [-0.2, 0) is 6.54 Å². The minimum atomic E-state index is 0.672. The lowest BCUT2D eigenvalue weighted by atomic mass is 10.2. The number of benzene rings is 1. The Kier molecular flexibility index (Phi) is 6.14. The molecule has 1 fully saturated rings. The van der Waals surface area contributed by atoms with Crippen LogP contribution < -0.4 is 0 Å². The molecule has 0 atom stereocenters. The van der Waals surface area contributed by atoms with Gasteiger partial charge in [-0.05, 0) is 27.6 Å². The Morgan fingerprint density at radius 3 is 2.63 bits per heavy atom. The number of nitrogens with zero attached hydrogens (tertiary/aromatic N) is 4. The zero-order valence-corrected chi connectivity index (χ0v) is 17.3. The van der Waals surface area contributed by atoms with Crippen LogP contribution in [0.25, 0.3) is 16.8 Å². The fourth-order valence-electron chi connectivity index (χ4n) is 3.07. The Labute approximate surface area is 171 Å². The summed E-state index contributed by atoms with van der Waals surface area (Å²) >= 11 is 5.07. The smallest absolute Gasteiger partial charge is 0.241 e. The van der Waals surface area contributed by atoms with Crippen molar-refractivity contribution in [1.29, 1.82) is 0 Å². The zero-order chi connectivity index (χ0) is 18.5. The zero-order valence-electron chi connectivity index (χ0n) is 14.9. The van der Waals surface area contributed by atoms with Gasteiger partial charge in [0.2, 0.25) is 11.7 Å². The quantitative estimate of drug-likeness (QED) is 0.563. The summed E-state index contributed by atoms with van der Waals surface area (Å²) in [6.07, 6.45) is 4.43. The Morgan fingerprint density at radius 2 is 1.89 bits per heavy atom. The van der Waals surface area contributed by atoms with Crippen molar-refractivity contribution in [3.8, 4) is 10.7 Å². The molecule has 0 N–H and O–H groups in total. The summed E-state index contributed by atoms with van der Waals surface area (Å²) in [5.41, 5.74) is 1.25. The first-order chi connectivity index (χ1) is 13.3. The highest BCUT2D eigenvalue weighted by Gasteiger charge is 2.19. The fraction of sp³-hybridized carbons (Fsp3) is 0.300. The second-order valence-corrected chi connectivity index (χ2v) is 8.36. The molecule has 0 bridgehead atoms. The van der Waals surface area contributed by atoms with Crippen molar-refractivity contribution in [2.24, 2.45) is 0 Å².